The summed E-state index contributed by atoms with van der Waals surface area (Å²) in [7, 11) is -1.17. The van der Waals surface area contributed by atoms with E-state index < -0.39 is 68.2 Å². The highest BCUT2D eigenvalue weighted by Gasteiger charge is 2.28. The van der Waals surface area contributed by atoms with Crippen LogP contribution in [0.3, 0.4) is 0 Å². The molecule has 2 N–H and O–H groups in total. The molecule has 0 spiro atoms. The molecule has 0 bridgehead atoms. The number of aryl methyl sites for hydroxylation is 2. The molecule has 14 nitrogen and oxygen atoms in total. The fourth-order valence-corrected chi connectivity index (χ4v) is 6.73. The second-order valence-electron chi connectivity index (χ2n) is 12.4. The van der Waals surface area contributed by atoms with Crippen molar-refractivity contribution in [2.24, 2.45) is 14.1 Å². The molecule has 3 heterocycles. The van der Waals surface area contributed by atoms with Gasteiger partial charge < -0.3 is 19.2 Å². The number of aromatic nitrogens is 5. The highest BCUT2D eigenvalue weighted by molar-refractivity contribution is 7.92. The maximum absolute atomic E-state index is 15.3. The molecule has 0 saturated heterocycles. The molecule has 0 unspecified atom stereocenters. The standard InChI is InChI=1S/C36H33F2N7O7S/c1-21(2)52-35(48)29(17-22-7-9-25(10-8-22)45-34(47)31-32(39-20-42(31)3)43(4)36(45)49)40-33(46)30-27(37)18-23(19-28(30)38)41-53(50,51)26-13-11-24(12-14-26)44-15-5-6-16-44/h5-16,18-21,29,41H,17H2,1-4H3,(H,40,46)/t29-/m0/s1. The van der Waals surface area contributed by atoms with Crippen molar-refractivity contribution < 1.29 is 31.5 Å². The first kappa shape index (κ1) is 36.4. The molecule has 274 valence electrons. The van der Waals surface area contributed by atoms with Crippen molar-refractivity contribution in [3.05, 3.63) is 135 Å². The predicted molar refractivity (Wildman–Crippen MR) is 191 cm³/mol. The normalized spacial score (nSPS) is 12.2. The third kappa shape index (κ3) is 7.36. The van der Waals surface area contributed by atoms with Gasteiger partial charge in [0.1, 0.15) is 23.2 Å². The molecular weight excluding hydrogens is 713 g/mol. The minimum atomic E-state index is -4.27. The summed E-state index contributed by atoms with van der Waals surface area (Å²) in [6, 6.07) is 15.3. The first-order valence-corrected chi connectivity index (χ1v) is 17.6. The van der Waals surface area contributed by atoms with Gasteiger partial charge in [-0.25, -0.2) is 36.3 Å². The number of hydrogen-bond acceptors (Lipinski definition) is 8. The topological polar surface area (TPSA) is 168 Å². The first-order chi connectivity index (χ1) is 25.1. The van der Waals surface area contributed by atoms with Crippen molar-refractivity contribution in [1.29, 1.82) is 0 Å². The summed E-state index contributed by atoms with van der Waals surface area (Å²) in [5.41, 5.74) is -0.968. The van der Waals surface area contributed by atoms with Crippen LogP contribution in [0.2, 0.25) is 0 Å². The second-order valence-corrected chi connectivity index (χ2v) is 14.1. The zero-order valence-corrected chi connectivity index (χ0v) is 29.6. The number of rotatable bonds is 11. The molecule has 0 aliphatic carbocycles. The van der Waals surface area contributed by atoms with Crippen molar-refractivity contribution in [3.8, 4) is 11.4 Å². The lowest BCUT2D eigenvalue weighted by Crippen LogP contribution is -2.44. The molecule has 0 fully saturated rings. The van der Waals surface area contributed by atoms with Crippen LogP contribution in [0, 0.1) is 11.6 Å². The van der Waals surface area contributed by atoms with E-state index in [1.165, 1.54) is 58.9 Å². The summed E-state index contributed by atoms with van der Waals surface area (Å²) < 4.78 is 69.5. The molecular formula is C36H33F2N7O7S. The van der Waals surface area contributed by atoms with Crippen LogP contribution in [-0.2, 0) is 40.1 Å². The van der Waals surface area contributed by atoms with Crippen molar-refractivity contribution in [1.82, 2.24) is 28.6 Å². The highest BCUT2D eigenvalue weighted by atomic mass is 32.2. The Bertz CT molecular complexity index is 2560. The van der Waals surface area contributed by atoms with Gasteiger partial charge in [-0.1, -0.05) is 12.1 Å². The van der Waals surface area contributed by atoms with Crippen molar-refractivity contribution in [2.75, 3.05) is 4.72 Å². The Morgan fingerprint density at radius 1 is 0.906 bits per heavy atom. The Kier molecular flexibility index (Phi) is 9.86. The number of benzene rings is 3. The maximum Gasteiger partial charge on any atom is 0.337 e. The number of imidazole rings is 1. The van der Waals surface area contributed by atoms with E-state index in [1.807, 2.05) is 0 Å². The molecule has 1 amide bonds. The average Bonchev–Trinajstić information content (AvgIpc) is 3.78. The zero-order valence-electron chi connectivity index (χ0n) is 28.8. The molecule has 1 atom stereocenters. The highest BCUT2D eigenvalue weighted by Crippen LogP contribution is 2.23. The van der Waals surface area contributed by atoms with E-state index in [4.69, 9.17) is 4.74 Å². The van der Waals surface area contributed by atoms with Gasteiger partial charge in [-0.3, -0.25) is 18.9 Å². The van der Waals surface area contributed by atoms with Crippen LogP contribution in [0.4, 0.5) is 14.5 Å². The molecule has 0 saturated carbocycles. The number of fused-ring (bicyclic) bond motifs is 1. The Morgan fingerprint density at radius 3 is 2.11 bits per heavy atom. The number of carbonyl (C=O) groups excluding carboxylic acids is 2. The third-order valence-electron chi connectivity index (χ3n) is 8.27. The number of ether oxygens (including phenoxy) is 1. The van der Waals surface area contributed by atoms with Crippen LogP contribution in [-0.4, -0.2) is 55.7 Å². The molecule has 6 aromatic rings. The molecule has 53 heavy (non-hydrogen) atoms. The second kappa shape index (κ2) is 14.3. The number of esters is 1. The van der Waals surface area contributed by atoms with E-state index in [-0.39, 0.29) is 28.2 Å². The van der Waals surface area contributed by atoms with E-state index in [1.54, 1.807) is 62.1 Å². The van der Waals surface area contributed by atoms with Gasteiger partial charge in [-0.05, 0) is 80.1 Å². The van der Waals surface area contributed by atoms with Crippen LogP contribution in [0.5, 0.6) is 0 Å². The van der Waals surface area contributed by atoms with Gasteiger partial charge in [0.15, 0.2) is 11.2 Å². The number of nitrogens with zero attached hydrogens (tertiary/aromatic N) is 5. The van der Waals surface area contributed by atoms with Gasteiger partial charge in [0.05, 0.1) is 28.7 Å². The van der Waals surface area contributed by atoms with Crippen molar-refractivity contribution in [3.63, 3.8) is 0 Å². The SMILES string of the molecule is CC(C)OC(=O)[C@H](Cc1ccc(-n2c(=O)c3c(ncn3C)n(C)c2=O)cc1)NC(=O)c1c(F)cc(NS(=O)(=O)c2ccc(-n3cccc3)cc2)cc1F. The molecule has 0 radical (unpaired) electrons. The predicted octanol–water partition coefficient (Wildman–Crippen LogP) is 3.59. The third-order valence-corrected chi connectivity index (χ3v) is 9.66. The summed E-state index contributed by atoms with van der Waals surface area (Å²) in [6.07, 6.45) is 4.18. The summed E-state index contributed by atoms with van der Waals surface area (Å²) in [5, 5.41) is 2.32. The Hall–Kier alpha value is -6.36. The maximum atomic E-state index is 15.3. The van der Waals surface area contributed by atoms with Gasteiger partial charge >= 0.3 is 11.7 Å². The van der Waals surface area contributed by atoms with E-state index in [2.05, 4.69) is 15.0 Å². The van der Waals surface area contributed by atoms with E-state index in [0.29, 0.717) is 23.4 Å². The lowest BCUT2D eigenvalue weighted by atomic mass is 10.0. The Morgan fingerprint density at radius 2 is 1.51 bits per heavy atom. The van der Waals surface area contributed by atoms with Gasteiger partial charge in [0.2, 0.25) is 0 Å². The largest absolute Gasteiger partial charge is 0.461 e. The molecule has 3 aromatic heterocycles. The number of nitrogens with one attached hydrogen (secondary N) is 2. The molecule has 3 aromatic carbocycles. The Labute approximate surface area is 300 Å². The molecule has 6 rings (SSSR count). The van der Waals surface area contributed by atoms with E-state index >= 15 is 8.78 Å². The molecule has 17 heteroatoms. The summed E-state index contributed by atoms with van der Waals surface area (Å²) in [6.45, 7) is 3.16. The summed E-state index contributed by atoms with van der Waals surface area (Å²) in [4.78, 5) is 56.6. The number of sulfonamides is 1. The van der Waals surface area contributed by atoms with Crippen LogP contribution in [0.15, 0.2) is 106 Å². The minimum absolute atomic E-state index is 0.167. The van der Waals surface area contributed by atoms with Crippen LogP contribution >= 0.6 is 0 Å². The zero-order chi connectivity index (χ0) is 38.2. The van der Waals surface area contributed by atoms with Crippen molar-refractivity contribution >= 4 is 38.8 Å². The number of carbonyl (C=O) groups is 2. The van der Waals surface area contributed by atoms with Gasteiger partial charge in [0, 0.05) is 38.6 Å². The smallest absolute Gasteiger partial charge is 0.337 e. The van der Waals surface area contributed by atoms with Crippen molar-refractivity contribution in [2.45, 2.75) is 37.3 Å². The van der Waals surface area contributed by atoms with Crippen LogP contribution < -0.4 is 21.3 Å². The summed E-state index contributed by atoms with van der Waals surface area (Å²) in [5.74, 6) is -4.96. The number of halogens is 2. The lowest BCUT2D eigenvalue weighted by Gasteiger charge is -2.20. The van der Waals surface area contributed by atoms with E-state index in [9.17, 15) is 27.6 Å². The fourth-order valence-electron chi connectivity index (χ4n) is 5.69. The number of amides is 1. The van der Waals surface area contributed by atoms with Gasteiger partial charge in [-0.2, -0.15) is 0 Å². The fraction of sp³-hybridized carbons (Fsp3) is 0.194. The number of hydrogen-bond donors (Lipinski definition) is 2. The Balaban J connectivity index is 1.21. The number of anilines is 1. The van der Waals surface area contributed by atoms with Crippen LogP contribution in [0.25, 0.3) is 22.5 Å². The minimum Gasteiger partial charge on any atom is -0.461 e. The molecule has 0 aliphatic heterocycles. The van der Waals surface area contributed by atoms with Gasteiger partial charge in [-0.15, -0.1) is 0 Å². The lowest BCUT2D eigenvalue weighted by molar-refractivity contribution is -0.149. The first-order valence-electron chi connectivity index (χ1n) is 16.1. The van der Waals surface area contributed by atoms with Crippen LogP contribution in [0.1, 0.15) is 29.8 Å². The summed E-state index contributed by atoms with van der Waals surface area (Å²) >= 11 is 0. The quantitative estimate of drug-likeness (QED) is 0.190. The van der Waals surface area contributed by atoms with E-state index in [0.717, 1.165) is 4.57 Å². The average molecular weight is 746 g/mol. The van der Waals surface area contributed by atoms with Gasteiger partial charge in [0.25, 0.3) is 21.5 Å². The monoisotopic (exact) mass is 745 g/mol. The molecule has 0 aliphatic rings.